The number of fused-ring (bicyclic) bond motifs is 1. The van der Waals surface area contributed by atoms with Gasteiger partial charge in [-0.2, -0.15) is 0 Å². The zero-order valence-corrected chi connectivity index (χ0v) is 12.7. The summed E-state index contributed by atoms with van der Waals surface area (Å²) in [5, 5.41) is 0. The smallest absolute Gasteiger partial charge is 0.222 e. The maximum atomic E-state index is 12.1. The molecule has 0 radical (unpaired) electrons. The first-order chi connectivity index (χ1) is 10.1. The third-order valence-electron chi connectivity index (χ3n) is 4.09. The Balaban J connectivity index is 1.64. The first-order valence-corrected chi connectivity index (χ1v) is 7.76. The van der Waals surface area contributed by atoms with Gasteiger partial charge in [-0.05, 0) is 30.9 Å². The summed E-state index contributed by atoms with van der Waals surface area (Å²) in [6.07, 6.45) is 2.53. The molecule has 3 rings (SSSR count). The number of hydrogen-bond donors (Lipinski definition) is 0. The first kappa shape index (κ1) is 14.1. The number of para-hydroxylation sites is 2. The van der Waals surface area contributed by atoms with Crippen molar-refractivity contribution in [2.24, 2.45) is 5.92 Å². The average molecular weight is 286 g/mol. The van der Waals surface area contributed by atoms with Crippen LogP contribution in [0.25, 0.3) is 11.1 Å². The number of piperidine rings is 1. The summed E-state index contributed by atoms with van der Waals surface area (Å²) in [6.45, 7) is 5.80. The Morgan fingerprint density at radius 2 is 2.05 bits per heavy atom. The van der Waals surface area contributed by atoms with Crippen molar-refractivity contribution >= 4 is 17.0 Å². The highest BCUT2D eigenvalue weighted by Crippen LogP contribution is 2.30. The van der Waals surface area contributed by atoms with Gasteiger partial charge in [-0.15, -0.1) is 0 Å². The third-order valence-corrected chi connectivity index (χ3v) is 4.09. The Kier molecular flexibility index (Phi) is 3.95. The van der Waals surface area contributed by atoms with E-state index in [-0.39, 0.29) is 5.91 Å². The Morgan fingerprint density at radius 3 is 2.71 bits per heavy atom. The van der Waals surface area contributed by atoms with Crippen LogP contribution in [0, 0.1) is 5.92 Å². The maximum absolute atomic E-state index is 12.1. The zero-order valence-electron chi connectivity index (χ0n) is 12.7. The maximum Gasteiger partial charge on any atom is 0.222 e. The molecule has 1 amide bonds. The quantitative estimate of drug-likeness (QED) is 0.866. The van der Waals surface area contributed by atoms with Crippen molar-refractivity contribution in [3.63, 3.8) is 0 Å². The van der Waals surface area contributed by atoms with Crippen molar-refractivity contribution < 1.29 is 9.21 Å². The molecule has 0 spiro atoms. The van der Waals surface area contributed by atoms with Crippen molar-refractivity contribution in [2.45, 2.75) is 39.0 Å². The van der Waals surface area contributed by atoms with Gasteiger partial charge in [-0.3, -0.25) is 4.79 Å². The van der Waals surface area contributed by atoms with Gasteiger partial charge in [0.15, 0.2) is 11.5 Å². The molecular weight excluding hydrogens is 264 g/mol. The van der Waals surface area contributed by atoms with E-state index in [1.165, 1.54) is 0 Å². The van der Waals surface area contributed by atoms with E-state index in [1.54, 1.807) is 0 Å². The lowest BCUT2D eigenvalue weighted by Gasteiger charge is -2.31. The van der Waals surface area contributed by atoms with Gasteiger partial charge in [0.25, 0.3) is 0 Å². The van der Waals surface area contributed by atoms with E-state index < -0.39 is 0 Å². The monoisotopic (exact) mass is 286 g/mol. The third kappa shape index (κ3) is 3.09. The lowest BCUT2D eigenvalue weighted by Crippen LogP contribution is -2.38. The molecule has 1 aliphatic rings. The molecular formula is C17H22N2O2. The van der Waals surface area contributed by atoms with Crippen molar-refractivity contribution in [1.29, 1.82) is 0 Å². The standard InChI is InChI=1S/C17H22N2O2/c1-12(2)11-16(20)19-9-7-13(8-10-19)17-18-14-5-3-4-6-15(14)21-17/h3-6,12-13H,7-11H2,1-2H3. The molecule has 1 fully saturated rings. The van der Waals surface area contributed by atoms with E-state index in [9.17, 15) is 4.79 Å². The van der Waals surface area contributed by atoms with Gasteiger partial charge >= 0.3 is 0 Å². The lowest BCUT2D eigenvalue weighted by atomic mass is 9.96. The van der Waals surface area contributed by atoms with Gasteiger partial charge in [0.1, 0.15) is 5.52 Å². The second-order valence-corrected chi connectivity index (χ2v) is 6.27. The van der Waals surface area contributed by atoms with Crippen molar-refractivity contribution in [3.8, 4) is 0 Å². The summed E-state index contributed by atoms with van der Waals surface area (Å²) in [4.78, 5) is 18.6. The number of nitrogens with zero attached hydrogens (tertiary/aromatic N) is 2. The molecule has 1 aromatic heterocycles. The molecule has 0 saturated carbocycles. The Morgan fingerprint density at radius 1 is 1.33 bits per heavy atom. The zero-order chi connectivity index (χ0) is 14.8. The van der Waals surface area contributed by atoms with Gasteiger partial charge in [0, 0.05) is 25.4 Å². The summed E-state index contributed by atoms with van der Waals surface area (Å²) in [6, 6.07) is 7.86. The fourth-order valence-corrected chi connectivity index (χ4v) is 2.92. The predicted molar refractivity (Wildman–Crippen MR) is 82.0 cm³/mol. The van der Waals surface area contributed by atoms with E-state index in [2.05, 4.69) is 18.8 Å². The van der Waals surface area contributed by atoms with Gasteiger partial charge in [0.2, 0.25) is 5.91 Å². The summed E-state index contributed by atoms with van der Waals surface area (Å²) in [5.41, 5.74) is 1.77. The highest BCUT2D eigenvalue weighted by Gasteiger charge is 2.27. The topological polar surface area (TPSA) is 46.3 Å². The highest BCUT2D eigenvalue weighted by atomic mass is 16.3. The number of oxazole rings is 1. The van der Waals surface area contributed by atoms with E-state index in [4.69, 9.17) is 4.42 Å². The number of carbonyl (C=O) groups is 1. The van der Waals surface area contributed by atoms with Crippen LogP contribution in [0.3, 0.4) is 0 Å². The average Bonchev–Trinajstić information content (AvgIpc) is 2.90. The van der Waals surface area contributed by atoms with E-state index in [0.717, 1.165) is 42.9 Å². The highest BCUT2D eigenvalue weighted by molar-refractivity contribution is 5.76. The van der Waals surface area contributed by atoms with Crippen LogP contribution in [0.1, 0.15) is 44.9 Å². The normalized spacial score (nSPS) is 16.8. The second kappa shape index (κ2) is 5.88. The van der Waals surface area contributed by atoms with Gasteiger partial charge < -0.3 is 9.32 Å². The molecule has 0 atom stereocenters. The molecule has 0 aliphatic carbocycles. The molecule has 1 aliphatic heterocycles. The minimum Gasteiger partial charge on any atom is -0.440 e. The fraction of sp³-hybridized carbons (Fsp3) is 0.529. The Bertz CT molecular complexity index is 592. The van der Waals surface area contributed by atoms with E-state index >= 15 is 0 Å². The molecule has 2 aromatic rings. The van der Waals surface area contributed by atoms with Crippen LogP contribution >= 0.6 is 0 Å². The molecule has 1 aromatic carbocycles. The molecule has 0 bridgehead atoms. The van der Waals surface area contributed by atoms with E-state index in [1.807, 2.05) is 29.2 Å². The molecule has 4 nitrogen and oxygen atoms in total. The number of hydrogen-bond acceptors (Lipinski definition) is 3. The summed E-state index contributed by atoms with van der Waals surface area (Å²) >= 11 is 0. The second-order valence-electron chi connectivity index (χ2n) is 6.27. The Hall–Kier alpha value is -1.84. The SMILES string of the molecule is CC(C)CC(=O)N1CCC(c2nc3ccccc3o2)CC1. The predicted octanol–water partition coefficient (Wildman–Crippen LogP) is 3.58. The minimum absolute atomic E-state index is 0.279. The van der Waals surface area contributed by atoms with Crippen molar-refractivity contribution in [2.75, 3.05) is 13.1 Å². The molecule has 112 valence electrons. The minimum atomic E-state index is 0.279. The number of likely N-dealkylation sites (tertiary alicyclic amines) is 1. The fourth-order valence-electron chi connectivity index (χ4n) is 2.92. The summed E-state index contributed by atoms with van der Waals surface area (Å²) in [7, 11) is 0. The number of benzene rings is 1. The Labute approximate surface area is 125 Å². The van der Waals surface area contributed by atoms with E-state index in [0.29, 0.717) is 18.3 Å². The summed E-state index contributed by atoms with van der Waals surface area (Å²) in [5.74, 6) is 1.86. The van der Waals surface area contributed by atoms with Crippen LogP contribution < -0.4 is 0 Å². The molecule has 0 N–H and O–H groups in total. The van der Waals surface area contributed by atoms with Gasteiger partial charge in [-0.1, -0.05) is 26.0 Å². The van der Waals surface area contributed by atoms with Crippen molar-refractivity contribution in [1.82, 2.24) is 9.88 Å². The lowest BCUT2D eigenvalue weighted by molar-refractivity contribution is -0.133. The van der Waals surface area contributed by atoms with Crippen LogP contribution in [-0.2, 0) is 4.79 Å². The molecule has 0 unspecified atom stereocenters. The van der Waals surface area contributed by atoms with Gasteiger partial charge in [0.05, 0.1) is 0 Å². The summed E-state index contributed by atoms with van der Waals surface area (Å²) < 4.78 is 5.85. The van der Waals surface area contributed by atoms with Crippen LogP contribution in [0.2, 0.25) is 0 Å². The molecule has 4 heteroatoms. The van der Waals surface area contributed by atoms with Gasteiger partial charge in [-0.25, -0.2) is 4.98 Å². The first-order valence-electron chi connectivity index (χ1n) is 7.76. The van der Waals surface area contributed by atoms with Crippen LogP contribution in [-0.4, -0.2) is 28.9 Å². The number of carbonyl (C=O) groups excluding carboxylic acids is 1. The number of rotatable bonds is 3. The number of aromatic nitrogens is 1. The number of amides is 1. The van der Waals surface area contributed by atoms with Crippen LogP contribution in [0.5, 0.6) is 0 Å². The van der Waals surface area contributed by atoms with Crippen LogP contribution in [0.4, 0.5) is 0 Å². The van der Waals surface area contributed by atoms with Crippen molar-refractivity contribution in [3.05, 3.63) is 30.2 Å². The van der Waals surface area contributed by atoms with Crippen LogP contribution in [0.15, 0.2) is 28.7 Å². The molecule has 2 heterocycles. The molecule has 1 saturated heterocycles. The largest absolute Gasteiger partial charge is 0.440 e. The molecule has 21 heavy (non-hydrogen) atoms.